The van der Waals surface area contributed by atoms with Gasteiger partial charge in [-0.05, 0) is 35.4 Å². The van der Waals surface area contributed by atoms with Crippen molar-refractivity contribution in [2.45, 2.75) is 43.5 Å². The lowest BCUT2D eigenvalue weighted by molar-refractivity contribution is -0.139. The summed E-state index contributed by atoms with van der Waals surface area (Å²) in [5.74, 6) is 0.574. The number of aromatic nitrogens is 1. The van der Waals surface area contributed by atoms with Crippen molar-refractivity contribution in [1.82, 2.24) is 4.98 Å². The van der Waals surface area contributed by atoms with Crippen LogP contribution in [-0.2, 0) is 21.9 Å². The molecule has 0 N–H and O–H groups in total. The summed E-state index contributed by atoms with van der Waals surface area (Å²) < 4.78 is 76.6. The van der Waals surface area contributed by atoms with Gasteiger partial charge >= 0.3 is 6.18 Å². The van der Waals surface area contributed by atoms with Crippen LogP contribution in [0.4, 0.5) is 13.2 Å². The van der Waals surface area contributed by atoms with Gasteiger partial charge in [0, 0.05) is 11.7 Å². The molecule has 1 aromatic heterocycles. The van der Waals surface area contributed by atoms with Gasteiger partial charge in [-0.25, -0.2) is 13.4 Å². The monoisotopic (exact) mass is 551 g/mol. The molecule has 0 bridgehead atoms. The average Bonchev–Trinajstić information content (AvgIpc) is 3.23. The van der Waals surface area contributed by atoms with Crippen LogP contribution in [0.1, 0.15) is 37.2 Å². The van der Waals surface area contributed by atoms with E-state index in [-0.39, 0.29) is 33.2 Å². The lowest BCUT2D eigenvalue weighted by Gasteiger charge is -2.27. The molecule has 1 heterocycles. The van der Waals surface area contributed by atoms with E-state index in [9.17, 15) is 21.6 Å². The molecule has 190 valence electrons. The van der Waals surface area contributed by atoms with Gasteiger partial charge in [-0.3, -0.25) is 0 Å². The number of ether oxygens (including phenoxy) is 2. The second-order valence-electron chi connectivity index (χ2n) is 8.27. The average molecular weight is 552 g/mol. The first-order chi connectivity index (χ1) is 16.2. The summed E-state index contributed by atoms with van der Waals surface area (Å²) in [5, 5.41) is 0.0442. The highest BCUT2D eigenvalue weighted by Crippen LogP contribution is 2.41. The Morgan fingerprint density at radius 2 is 1.60 bits per heavy atom. The third-order valence-electron chi connectivity index (χ3n) is 5.25. The van der Waals surface area contributed by atoms with Gasteiger partial charge < -0.3 is 13.9 Å². The summed E-state index contributed by atoms with van der Waals surface area (Å²) in [6, 6.07) is 10.3. The van der Waals surface area contributed by atoms with Crippen molar-refractivity contribution in [2.24, 2.45) is 0 Å². The SMILES string of the molecule is CC(C)(c1ccc(OCc2ocnc2S(C)(=O)=O)cc1)c1cc(Cl)c(OCCC(F)(F)F)c(Cl)c1. The van der Waals surface area contributed by atoms with Crippen LogP contribution in [0, 0.1) is 0 Å². The third kappa shape index (κ3) is 6.83. The number of nitrogens with zero attached hydrogens (tertiary/aromatic N) is 1. The molecular weight excluding hydrogens is 530 g/mol. The summed E-state index contributed by atoms with van der Waals surface area (Å²) in [6.45, 7) is 3.16. The van der Waals surface area contributed by atoms with E-state index < -0.39 is 34.5 Å². The maximum Gasteiger partial charge on any atom is 0.392 e. The fourth-order valence-electron chi connectivity index (χ4n) is 3.27. The van der Waals surface area contributed by atoms with Gasteiger partial charge in [0.2, 0.25) is 0 Å². The summed E-state index contributed by atoms with van der Waals surface area (Å²) in [4.78, 5) is 3.71. The highest BCUT2D eigenvalue weighted by molar-refractivity contribution is 7.90. The Kier molecular flexibility index (Phi) is 7.98. The van der Waals surface area contributed by atoms with Crippen LogP contribution < -0.4 is 9.47 Å². The van der Waals surface area contributed by atoms with Crippen LogP contribution >= 0.6 is 23.2 Å². The topological polar surface area (TPSA) is 78.6 Å². The van der Waals surface area contributed by atoms with E-state index in [0.717, 1.165) is 23.8 Å². The quantitative estimate of drug-likeness (QED) is 0.297. The molecule has 12 heteroatoms. The van der Waals surface area contributed by atoms with Crippen LogP contribution in [0.25, 0.3) is 0 Å². The first-order valence-corrected chi connectivity index (χ1v) is 12.9. The van der Waals surface area contributed by atoms with E-state index in [1.165, 1.54) is 0 Å². The second kappa shape index (κ2) is 10.3. The smallest absolute Gasteiger partial charge is 0.392 e. The van der Waals surface area contributed by atoms with Gasteiger partial charge in [0.1, 0.15) is 12.4 Å². The van der Waals surface area contributed by atoms with E-state index in [1.807, 2.05) is 26.0 Å². The zero-order valence-electron chi connectivity index (χ0n) is 18.9. The van der Waals surface area contributed by atoms with Gasteiger partial charge in [-0.1, -0.05) is 49.2 Å². The number of sulfone groups is 1. The molecule has 6 nitrogen and oxygen atoms in total. The van der Waals surface area contributed by atoms with Crippen LogP contribution in [0.3, 0.4) is 0 Å². The van der Waals surface area contributed by atoms with Gasteiger partial charge in [0.05, 0.1) is 23.1 Å². The number of halogens is 5. The minimum atomic E-state index is -4.35. The Bertz CT molecular complexity index is 1270. The molecular formula is C23H22Cl2F3NO5S. The summed E-state index contributed by atoms with van der Waals surface area (Å²) in [6.07, 6.45) is -3.39. The second-order valence-corrected chi connectivity index (χ2v) is 11.0. The molecule has 0 radical (unpaired) electrons. The Morgan fingerprint density at radius 3 is 2.14 bits per heavy atom. The standard InChI is InChI=1S/C23H22Cl2F3NO5S/c1-22(2,15-10-17(24)20(18(25)11-15)32-9-8-23(26,27)28)14-4-6-16(7-5-14)33-12-19-21(29-13-34-19)35(3,30)31/h4-7,10-11,13H,8-9,12H2,1-3H3. The van der Waals surface area contributed by atoms with E-state index in [2.05, 4.69) is 4.98 Å². The first kappa shape index (κ1) is 27.2. The maximum atomic E-state index is 12.4. The van der Waals surface area contributed by atoms with E-state index in [0.29, 0.717) is 5.75 Å². The lowest BCUT2D eigenvalue weighted by Crippen LogP contribution is -2.19. The highest BCUT2D eigenvalue weighted by Gasteiger charge is 2.28. The number of alkyl halides is 3. The predicted octanol–water partition coefficient (Wildman–Crippen LogP) is 6.62. The molecule has 2 aromatic carbocycles. The van der Waals surface area contributed by atoms with Crippen molar-refractivity contribution in [3.05, 3.63) is 69.7 Å². The number of hydrogen-bond acceptors (Lipinski definition) is 6. The summed E-state index contributed by atoms with van der Waals surface area (Å²) >= 11 is 12.5. The lowest BCUT2D eigenvalue weighted by atomic mass is 9.78. The largest absolute Gasteiger partial charge is 0.490 e. The van der Waals surface area contributed by atoms with Gasteiger partial charge in [-0.2, -0.15) is 13.2 Å². The summed E-state index contributed by atoms with van der Waals surface area (Å²) in [5.41, 5.74) is 1.02. The van der Waals surface area contributed by atoms with Gasteiger partial charge in [0.25, 0.3) is 0 Å². The molecule has 0 fully saturated rings. The van der Waals surface area contributed by atoms with Crippen LogP contribution in [0.15, 0.2) is 52.2 Å². The van der Waals surface area contributed by atoms with Gasteiger partial charge in [0.15, 0.2) is 32.8 Å². The minimum Gasteiger partial charge on any atom is -0.490 e. The van der Waals surface area contributed by atoms with Crippen molar-refractivity contribution in [1.29, 1.82) is 0 Å². The number of oxazole rings is 1. The molecule has 0 atom stereocenters. The molecule has 0 aliphatic carbocycles. The third-order valence-corrected chi connectivity index (χ3v) is 6.85. The van der Waals surface area contributed by atoms with Crippen molar-refractivity contribution in [3.8, 4) is 11.5 Å². The maximum absolute atomic E-state index is 12.4. The molecule has 0 saturated heterocycles. The van der Waals surface area contributed by atoms with E-state index in [1.54, 1.807) is 24.3 Å². The molecule has 0 amide bonds. The van der Waals surface area contributed by atoms with E-state index >= 15 is 0 Å². The van der Waals surface area contributed by atoms with Crippen LogP contribution in [-0.4, -0.2) is 32.4 Å². The van der Waals surface area contributed by atoms with Crippen molar-refractivity contribution in [3.63, 3.8) is 0 Å². The van der Waals surface area contributed by atoms with Crippen LogP contribution in [0.5, 0.6) is 11.5 Å². The predicted molar refractivity (Wildman–Crippen MR) is 125 cm³/mol. The van der Waals surface area contributed by atoms with E-state index in [4.69, 9.17) is 37.1 Å². The molecule has 0 unspecified atom stereocenters. The Balaban J connectivity index is 1.73. The number of hydrogen-bond donors (Lipinski definition) is 0. The molecule has 3 rings (SSSR count). The van der Waals surface area contributed by atoms with Crippen molar-refractivity contribution < 1.29 is 35.5 Å². The van der Waals surface area contributed by atoms with Crippen LogP contribution in [0.2, 0.25) is 10.0 Å². The normalized spacial score (nSPS) is 12.6. The zero-order chi connectivity index (χ0) is 26.0. The highest BCUT2D eigenvalue weighted by atomic mass is 35.5. The fourth-order valence-corrected chi connectivity index (χ4v) is 4.62. The molecule has 0 aliphatic rings. The Hall–Kier alpha value is -2.43. The zero-order valence-corrected chi connectivity index (χ0v) is 21.3. The van der Waals surface area contributed by atoms with Crippen molar-refractivity contribution >= 4 is 33.0 Å². The molecule has 3 aromatic rings. The molecule has 0 aliphatic heterocycles. The summed E-state index contributed by atoms with van der Waals surface area (Å²) in [7, 11) is -3.54. The molecule has 0 spiro atoms. The number of benzene rings is 2. The fraction of sp³-hybridized carbons (Fsp3) is 0.348. The molecule has 0 saturated carbocycles. The van der Waals surface area contributed by atoms with Gasteiger partial charge in [-0.15, -0.1) is 0 Å². The van der Waals surface area contributed by atoms with Crippen molar-refractivity contribution in [2.75, 3.05) is 12.9 Å². The molecule has 35 heavy (non-hydrogen) atoms. The Labute approximate surface area is 210 Å². The Morgan fingerprint density at radius 1 is 1.00 bits per heavy atom. The minimum absolute atomic E-state index is 0.00163. The first-order valence-electron chi connectivity index (χ1n) is 10.2. The number of rotatable bonds is 9.